The van der Waals surface area contributed by atoms with Gasteiger partial charge in [-0.3, -0.25) is 4.79 Å². The first-order valence-electron chi connectivity index (χ1n) is 11.0. The van der Waals surface area contributed by atoms with Gasteiger partial charge in [0.2, 0.25) is 5.78 Å². The standard InChI is InChI=1S/C27H21F3N4O2/c1-18-5-7-19(8-6-18)24-13-14-34(17-31-24)16-25(35)20-9-11-22(12-10-20)32-26(36)33-23-4-2-3-21(15-23)27(28,29)30/h2-15,17H,16H2,1H3,(H-,32,33,35,36)/p+1. The van der Waals surface area contributed by atoms with E-state index >= 15 is 0 Å². The molecule has 0 aliphatic carbocycles. The number of alkyl halides is 3. The Balaban J connectivity index is 1.33. The Morgan fingerprint density at radius 3 is 2.22 bits per heavy atom. The topological polar surface area (TPSA) is 75.0 Å². The van der Waals surface area contributed by atoms with Gasteiger partial charge in [0.15, 0.2) is 12.2 Å². The van der Waals surface area contributed by atoms with E-state index in [-0.39, 0.29) is 18.0 Å². The molecule has 0 saturated carbocycles. The lowest BCUT2D eigenvalue weighted by Gasteiger charge is -2.11. The Hall–Kier alpha value is -4.53. The molecule has 3 aromatic carbocycles. The largest absolute Gasteiger partial charge is 0.416 e. The predicted octanol–water partition coefficient (Wildman–Crippen LogP) is 5.89. The molecule has 0 bridgehead atoms. The Morgan fingerprint density at radius 1 is 0.889 bits per heavy atom. The van der Waals surface area contributed by atoms with Crippen LogP contribution in [0.2, 0.25) is 0 Å². The lowest BCUT2D eigenvalue weighted by Crippen LogP contribution is -2.37. The van der Waals surface area contributed by atoms with Crippen LogP contribution in [0.1, 0.15) is 21.5 Å². The molecule has 0 radical (unpaired) electrons. The van der Waals surface area contributed by atoms with E-state index in [1.807, 2.05) is 37.3 Å². The lowest BCUT2D eigenvalue weighted by molar-refractivity contribution is -0.686. The summed E-state index contributed by atoms with van der Waals surface area (Å²) in [7, 11) is 0. The molecule has 182 valence electrons. The number of carbonyl (C=O) groups is 2. The highest BCUT2D eigenvalue weighted by atomic mass is 19.4. The minimum atomic E-state index is -4.51. The summed E-state index contributed by atoms with van der Waals surface area (Å²) in [6.45, 7) is 2.10. The number of Topliss-reactive ketones (excluding diaryl/α,β-unsaturated/α-hetero) is 1. The minimum absolute atomic E-state index is 0.00755. The number of aromatic nitrogens is 2. The number of amides is 2. The number of urea groups is 1. The quantitative estimate of drug-likeness (QED) is 0.261. The van der Waals surface area contributed by atoms with Crippen molar-refractivity contribution in [3.63, 3.8) is 0 Å². The average molecular weight is 491 g/mol. The highest BCUT2D eigenvalue weighted by Gasteiger charge is 2.30. The average Bonchev–Trinajstić information content (AvgIpc) is 2.85. The molecule has 0 spiro atoms. The van der Waals surface area contributed by atoms with Crippen molar-refractivity contribution in [3.8, 4) is 11.3 Å². The van der Waals surface area contributed by atoms with Gasteiger partial charge in [-0.1, -0.05) is 35.9 Å². The summed E-state index contributed by atoms with van der Waals surface area (Å²) in [6.07, 6.45) is -1.12. The third kappa shape index (κ3) is 6.32. The highest BCUT2D eigenvalue weighted by Crippen LogP contribution is 2.30. The fourth-order valence-electron chi connectivity index (χ4n) is 3.44. The van der Waals surface area contributed by atoms with Crippen molar-refractivity contribution < 1.29 is 27.3 Å². The van der Waals surface area contributed by atoms with E-state index in [1.54, 1.807) is 41.4 Å². The number of anilines is 2. The van der Waals surface area contributed by atoms with E-state index in [0.29, 0.717) is 11.3 Å². The van der Waals surface area contributed by atoms with Crippen molar-refractivity contribution in [1.29, 1.82) is 0 Å². The Kier molecular flexibility index (Phi) is 7.10. The van der Waals surface area contributed by atoms with Crippen LogP contribution in [0.4, 0.5) is 29.3 Å². The molecular weight excluding hydrogens is 469 g/mol. The molecule has 2 amide bonds. The maximum Gasteiger partial charge on any atom is 0.416 e. The first-order valence-corrected chi connectivity index (χ1v) is 11.0. The number of nitrogens with zero attached hydrogens (tertiary/aromatic N) is 2. The number of nitrogens with one attached hydrogen (secondary N) is 2. The molecule has 4 rings (SSSR count). The van der Waals surface area contributed by atoms with Gasteiger partial charge in [0.05, 0.1) is 11.8 Å². The van der Waals surface area contributed by atoms with E-state index < -0.39 is 17.8 Å². The van der Waals surface area contributed by atoms with Crippen LogP contribution in [-0.2, 0) is 12.7 Å². The van der Waals surface area contributed by atoms with Gasteiger partial charge in [-0.05, 0) is 54.4 Å². The number of hydrogen-bond donors (Lipinski definition) is 2. The third-order valence-corrected chi connectivity index (χ3v) is 5.36. The highest BCUT2D eigenvalue weighted by molar-refractivity contribution is 6.00. The monoisotopic (exact) mass is 491 g/mol. The molecule has 0 atom stereocenters. The molecule has 9 heteroatoms. The van der Waals surface area contributed by atoms with Crippen molar-refractivity contribution in [2.45, 2.75) is 19.6 Å². The predicted molar refractivity (Wildman–Crippen MR) is 129 cm³/mol. The van der Waals surface area contributed by atoms with Crippen LogP contribution in [0.5, 0.6) is 0 Å². The molecule has 36 heavy (non-hydrogen) atoms. The fraction of sp³-hybridized carbons (Fsp3) is 0.111. The molecular formula is C27H22F3N4O2+. The van der Waals surface area contributed by atoms with Gasteiger partial charge in [-0.2, -0.15) is 13.2 Å². The zero-order chi connectivity index (χ0) is 25.7. The van der Waals surface area contributed by atoms with Crippen molar-refractivity contribution in [2.24, 2.45) is 0 Å². The summed E-state index contributed by atoms with van der Waals surface area (Å²) < 4.78 is 40.2. The number of aryl methyl sites for hydroxylation is 1. The van der Waals surface area contributed by atoms with Crippen LogP contribution in [0.25, 0.3) is 11.3 Å². The van der Waals surface area contributed by atoms with E-state index in [4.69, 9.17) is 0 Å². The van der Waals surface area contributed by atoms with Gasteiger partial charge < -0.3 is 10.6 Å². The van der Waals surface area contributed by atoms with Gasteiger partial charge in [0, 0.05) is 28.6 Å². The molecule has 0 aliphatic heterocycles. The molecule has 1 heterocycles. The maximum atomic E-state index is 12.8. The van der Waals surface area contributed by atoms with E-state index in [1.165, 1.54) is 12.1 Å². The Bertz CT molecular complexity index is 1370. The lowest BCUT2D eigenvalue weighted by atomic mass is 10.1. The summed E-state index contributed by atoms with van der Waals surface area (Å²) >= 11 is 0. The van der Waals surface area contributed by atoms with Gasteiger partial charge in [-0.15, -0.1) is 0 Å². The van der Waals surface area contributed by atoms with Crippen LogP contribution in [0.15, 0.2) is 91.4 Å². The van der Waals surface area contributed by atoms with Gasteiger partial charge in [0.1, 0.15) is 0 Å². The summed E-state index contributed by atoms with van der Waals surface area (Å²) in [6, 6.07) is 19.7. The van der Waals surface area contributed by atoms with E-state index in [0.717, 1.165) is 29.0 Å². The number of hydrogen-bond acceptors (Lipinski definition) is 3. The summed E-state index contributed by atoms with van der Waals surface area (Å²) in [5.74, 6) is -0.148. The van der Waals surface area contributed by atoms with Crippen LogP contribution in [-0.4, -0.2) is 16.8 Å². The molecule has 4 aromatic rings. The second-order valence-corrected chi connectivity index (χ2v) is 8.14. The van der Waals surface area contributed by atoms with E-state index in [9.17, 15) is 22.8 Å². The number of rotatable bonds is 6. The van der Waals surface area contributed by atoms with E-state index in [2.05, 4.69) is 15.6 Å². The zero-order valence-corrected chi connectivity index (χ0v) is 19.2. The molecule has 0 fully saturated rings. The molecule has 6 nitrogen and oxygen atoms in total. The number of ketones is 1. The number of benzene rings is 3. The van der Waals surface area contributed by atoms with Gasteiger partial charge in [-0.25, -0.2) is 9.36 Å². The number of halogens is 3. The second-order valence-electron chi connectivity index (χ2n) is 8.14. The zero-order valence-electron chi connectivity index (χ0n) is 19.2. The molecule has 0 unspecified atom stereocenters. The first-order chi connectivity index (χ1) is 17.2. The Labute approximate surface area is 205 Å². The summed E-state index contributed by atoms with van der Waals surface area (Å²) in [4.78, 5) is 29.2. The molecule has 2 N–H and O–H groups in total. The summed E-state index contributed by atoms with van der Waals surface area (Å²) in [5.41, 5.74) is 2.92. The van der Waals surface area contributed by atoms with Crippen molar-refractivity contribution in [1.82, 2.24) is 4.98 Å². The first kappa shape index (κ1) is 24.6. The fourth-order valence-corrected chi connectivity index (χ4v) is 3.44. The number of carbonyl (C=O) groups excluding carboxylic acids is 2. The van der Waals surface area contributed by atoms with Crippen molar-refractivity contribution in [3.05, 3.63) is 108 Å². The minimum Gasteiger partial charge on any atom is -0.308 e. The van der Waals surface area contributed by atoms with Crippen LogP contribution < -0.4 is 15.2 Å². The van der Waals surface area contributed by atoms with Crippen LogP contribution >= 0.6 is 0 Å². The molecule has 0 aliphatic rings. The normalized spacial score (nSPS) is 11.1. The maximum absolute atomic E-state index is 12.8. The van der Waals surface area contributed by atoms with Crippen LogP contribution in [0, 0.1) is 6.92 Å². The van der Waals surface area contributed by atoms with Crippen molar-refractivity contribution >= 4 is 23.2 Å². The smallest absolute Gasteiger partial charge is 0.308 e. The Morgan fingerprint density at radius 2 is 1.58 bits per heavy atom. The van der Waals surface area contributed by atoms with Gasteiger partial charge in [0.25, 0.3) is 6.33 Å². The van der Waals surface area contributed by atoms with Gasteiger partial charge >= 0.3 is 12.2 Å². The second kappa shape index (κ2) is 10.4. The summed E-state index contributed by atoms with van der Waals surface area (Å²) in [5, 5.41) is 4.90. The SMILES string of the molecule is Cc1ccc(-c2cc[n+](CC(=O)c3ccc(NC(=O)Nc4cccc(C(F)(F)F)c4)cc3)cn2)cc1. The molecule has 0 saturated heterocycles. The van der Waals surface area contributed by atoms with Crippen LogP contribution in [0.3, 0.4) is 0 Å². The molecule has 1 aromatic heterocycles. The third-order valence-electron chi connectivity index (χ3n) is 5.36. The van der Waals surface area contributed by atoms with Crippen molar-refractivity contribution in [2.75, 3.05) is 10.6 Å².